The molecule has 2 aliphatic rings. The molecule has 1 aromatic heterocycles. The number of aryl methyl sites for hydroxylation is 1. The lowest BCUT2D eigenvalue weighted by Crippen LogP contribution is -2.40. The SMILES string of the molecule is Cc1ncc2c(c1CNC(=O)CN1CCc3ccccc3C1)CCNC2. The molecule has 1 amide bonds. The number of hydrogen-bond acceptors (Lipinski definition) is 4. The molecule has 0 saturated carbocycles. The number of rotatable bonds is 4. The van der Waals surface area contributed by atoms with Gasteiger partial charge in [0.25, 0.3) is 0 Å². The molecule has 5 nitrogen and oxygen atoms in total. The number of amides is 1. The normalized spacial score (nSPS) is 16.7. The van der Waals surface area contributed by atoms with Crippen molar-refractivity contribution in [1.29, 1.82) is 0 Å². The van der Waals surface area contributed by atoms with Crippen molar-refractivity contribution in [3.63, 3.8) is 0 Å². The Morgan fingerprint density at radius 3 is 2.96 bits per heavy atom. The van der Waals surface area contributed by atoms with Crippen LogP contribution in [0.15, 0.2) is 30.5 Å². The minimum Gasteiger partial charge on any atom is -0.351 e. The second-order valence-corrected chi connectivity index (χ2v) is 7.26. The van der Waals surface area contributed by atoms with Crippen LogP contribution in [0.3, 0.4) is 0 Å². The fraction of sp³-hybridized carbons (Fsp3) is 0.429. The van der Waals surface area contributed by atoms with Crippen LogP contribution in [0.2, 0.25) is 0 Å². The zero-order chi connectivity index (χ0) is 17.9. The third kappa shape index (κ3) is 3.64. The van der Waals surface area contributed by atoms with Crippen LogP contribution in [0.1, 0.15) is 33.5 Å². The van der Waals surface area contributed by atoms with Gasteiger partial charge < -0.3 is 10.6 Å². The van der Waals surface area contributed by atoms with Crippen molar-refractivity contribution in [2.45, 2.75) is 39.4 Å². The maximum atomic E-state index is 12.5. The first-order valence-electron chi connectivity index (χ1n) is 9.43. The van der Waals surface area contributed by atoms with E-state index in [0.717, 1.165) is 44.7 Å². The summed E-state index contributed by atoms with van der Waals surface area (Å²) in [4.78, 5) is 19.2. The van der Waals surface area contributed by atoms with Crippen LogP contribution < -0.4 is 10.6 Å². The number of pyridine rings is 1. The molecular formula is C21H26N4O. The fourth-order valence-electron chi connectivity index (χ4n) is 4.01. The summed E-state index contributed by atoms with van der Waals surface area (Å²) in [6.45, 7) is 6.73. The predicted octanol–water partition coefficient (Wildman–Crippen LogP) is 1.71. The zero-order valence-electron chi connectivity index (χ0n) is 15.3. The van der Waals surface area contributed by atoms with Crippen molar-refractivity contribution in [2.75, 3.05) is 19.6 Å². The van der Waals surface area contributed by atoms with Gasteiger partial charge in [-0.3, -0.25) is 14.7 Å². The molecule has 3 heterocycles. The number of nitrogens with zero attached hydrogens (tertiary/aromatic N) is 2. The number of fused-ring (bicyclic) bond motifs is 2. The zero-order valence-corrected chi connectivity index (χ0v) is 15.3. The molecular weight excluding hydrogens is 324 g/mol. The highest BCUT2D eigenvalue weighted by molar-refractivity contribution is 5.78. The topological polar surface area (TPSA) is 57.3 Å². The van der Waals surface area contributed by atoms with Crippen LogP contribution in [0.4, 0.5) is 0 Å². The van der Waals surface area contributed by atoms with Crippen LogP contribution in [0.25, 0.3) is 0 Å². The third-order valence-corrected chi connectivity index (χ3v) is 5.51. The number of nitrogens with one attached hydrogen (secondary N) is 2. The van der Waals surface area contributed by atoms with Gasteiger partial charge in [-0.2, -0.15) is 0 Å². The molecule has 26 heavy (non-hydrogen) atoms. The predicted molar refractivity (Wildman–Crippen MR) is 102 cm³/mol. The van der Waals surface area contributed by atoms with Crippen molar-refractivity contribution in [1.82, 2.24) is 20.5 Å². The van der Waals surface area contributed by atoms with E-state index in [2.05, 4.69) is 44.8 Å². The molecule has 0 radical (unpaired) electrons. The molecule has 0 bridgehead atoms. The van der Waals surface area contributed by atoms with E-state index in [1.165, 1.54) is 27.8 Å². The van der Waals surface area contributed by atoms with Gasteiger partial charge in [0, 0.05) is 38.1 Å². The van der Waals surface area contributed by atoms with E-state index in [1.54, 1.807) is 0 Å². The summed E-state index contributed by atoms with van der Waals surface area (Å²) in [5.41, 5.74) is 7.60. The molecule has 1 aromatic carbocycles. The van der Waals surface area contributed by atoms with E-state index in [9.17, 15) is 4.79 Å². The number of carbonyl (C=O) groups is 1. The summed E-state index contributed by atoms with van der Waals surface area (Å²) in [7, 11) is 0. The smallest absolute Gasteiger partial charge is 0.234 e. The Bertz CT molecular complexity index is 818. The van der Waals surface area contributed by atoms with E-state index in [1.807, 2.05) is 13.1 Å². The van der Waals surface area contributed by atoms with Gasteiger partial charge in [0.2, 0.25) is 5.91 Å². The molecule has 2 aliphatic heterocycles. The van der Waals surface area contributed by atoms with Gasteiger partial charge >= 0.3 is 0 Å². The van der Waals surface area contributed by atoms with Gasteiger partial charge in [-0.05, 0) is 54.1 Å². The molecule has 5 heteroatoms. The highest BCUT2D eigenvalue weighted by atomic mass is 16.2. The minimum absolute atomic E-state index is 0.0929. The van der Waals surface area contributed by atoms with E-state index in [4.69, 9.17) is 0 Å². The van der Waals surface area contributed by atoms with Gasteiger partial charge in [0.15, 0.2) is 0 Å². The van der Waals surface area contributed by atoms with Crippen molar-refractivity contribution in [3.8, 4) is 0 Å². The second kappa shape index (κ2) is 7.56. The van der Waals surface area contributed by atoms with Crippen LogP contribution in [0.5, 0.6) is 0 Å². The number of carbonyl (C=O) groups excluding carboxylic acids is 1. The Balaban J connectivity index is 1.37. The molecule has 0 spiro atoms. The Kier molecular flexibility index (Phi) is 5.00. The van der Waals surface area contributed by atoms with Crippen molar-refractivity contribution >= 4 is 5.91 Å². The Morgan fingerprint density at radius 2 is 2.08 bits per heavy atom. The minimum atomic E-state index is 0.0929. The molecule has 0 atom stereocenters. The molecule has 2 N–H and O–H groups in total. The summed E-state index contributed by atoms with van der Waals surface area (Å²) >= 11 is 0. The van der Waals surface area contributed by atoms with Crippen molar-refractivity contribution in [3.05, 3.63) is 64.0 Å². The highest BCUT2D eigenvalue weighted by Gasteiger charge is 2.19. The van der Waals surface area contributed by atoms with Crippen LogP contribution in [-0.2, 0) is 37.3 Å². The van der Waals surface area contributed by atoms with E-state index >= 15 is 0 Å². The number of benzene rings is 1. The van der Waals surface area contributed by atoms with Crippen molar-refractivity contribution in [2.24, 2.45) is 0 Å². The number of aromatic nitrogens is 1. The molecule has 2 aromatic rings. The maximum absolute atomic E-state index is 12.5. The molecule has 0 aliphatic carbocycles. The summed E-state index contributed by atoms with van der Waals surface area (Å²) in [5, 5.41) is 6.50. The summed E-state index contributed by atoms with van der Waals surface area (Å²) in [5.74, 6) is 0.0929. The monoisotopic (exact) mass is 350 g/mol. The Labute approximate surface area is 154 Å². The van der Waals surface area contributed by atoms with E-state index < -0.39 is 0 Å². The largest absolute Gasteiger partial charge is 0.351 e. The Morgan fingerprint density at radius 1 is 1.23 bits per heavy atom. The first kappa shape index (κ1) is 17.2. The quantitative estimate of drug-likeness (QED) is 0.881. The molecule has 4 rings (SSSR count). The first-order valence-corrected chi connectivity index (χ1v) is 9.43. The average Bonchev–Trinajstić information content (AvgIpc) is 2.67. The van der Waals surface area contributed by atoms with Crippen LogP contribution in [-0.4, -0.2) is 35.4 Å². The van der Waals surface area contributed by atoms with Crippen LogP contribution >= 0.6 is 0 Å². The highest BCUT2D eigenvalue weighted by Crippen LogP contribution is 2.21. The summed E-state index contributed by atoms with van der Waals surface area (Å²) in [6, 6.07) is 8.52. The molecule has 0 fully saturated rings. The molecule has 0 unspecified atom stereocenters. The average molecular weight is 350 g/mol. The second-order valence-electron chi connectivity index (χ2n) is 7.26. The lowest BCUT2D eigenvalue weighted by molar-refractivity contribution is -0.122. The summed E-state index contributed by atoms with van der Waals surface area (Å²) < 4.78 is 0. The van der Waals surface area contributed by atoms with Gasteiger partial charge in [0.05, 0.1) is 6.54 Å². The molecule has 0 saturated heterocycles. The van der Waals surface area contributed by atoms with Gasteiger partial charge in [-0.15, -0.1) is 0 Å². The maximum Gasteiger partial charge on any atom is 0.234 e. The summed E-state index contributed by atoms with van der Waals surface area (Å²) in [6.07, 6.45) is 3.99. The Hall–Kier alpha value is -2.24. The lowest BCUT2D eigenvalue weighted by Gasteiger charge is -2.28. The number of hydrogen-bond donors (Lipinski definition) is 2. The van der Waals surface area contributed by atoms with E-state index in [-0.39, 0.29) is 5.91 Å². The third-order valence-electron chi connectivity index (χ3n) is 5.51. The van der Waals surface area contributed by atoms with Crippen LogP contribution in [0, 0.1) is 6.92 Å². The lowest BCUT2D eigenvalue weighted by atomic mass is 9.96. The van der Waals surface area contributed by atoms with Crippen molar-refractivity contribution < 1.29 is 4.79 Å². The first-order chi connectivity index (χ1) is 12.7. The van der Waals surface area contributed by atoms with Gasteiger partial charge in [-0.25, -0.2) is 0 Å². The fourth-order valence-corrected chi connectivity index (χ4v) is 4.01. The van der Waals surface area contributed by atoms with Gasteiger partial charge in [-0.1, -0.05) is 24.3 Å². The molecule has 136 valence electrons. The van der Waals surface area contributed by atoms with Gasteiger partial charge in [0.1, 0.15) is 0 Å². The standard InChI is InChI=1S/C21H26N4O/c1-15-20(19-6-8-22-10-18(19)11-23-15)12-24-21(26)14-25-9-7-16-4-2-3-5-17(16)13-25/h2-5,11,22H,6-10,12-14H2,1H3,(H,24,26). The van der Waals surface area contributed by atoms with E-state index in [0.29, 0.717) is 13.1 Å².